The van der Waals surface area contributed by atoms with Crippen LogP contribution in [0.5, 0.6) is 0 Å². The molecule has 2 fully saturated rings. The van der Waals surface area contributed by atoms with Crippen molar-refractivity contribution in [1.82, 2.24) is 5.32 Å². The first-order valence-electron chi connectivity index (χ1n) is 8.04. The van der Waals surface area contributed by atoms with Crippen LogP contribution in [0.25, 0.3) is 0 Å². The van der Waals surface area contributed by atoms with Gasteiger partial charge in [-0.15, -0.1) is 0 Å². The third kappa shape index (κ3) is 4.58. The first kappa shape index (κ1) is 15.5. The Morgan fingerprint density at radius 3 is 2.35 bits per heavy atom. The number of carbonyl (C=O) groups excluding carboxylic acids is 2. The first-order valence-corrected chi connectivity index (χ1v) is 8.04. The fraction of sp³-hybridized carbons (Fsp3) is 0.875. The average Bonchev–Trinajstić information content (AvgIpc) is 2.46. The predicted molar refractivity (Wildman–Crippen MR) is 77.3 cm³/mol. The number of Topliss-reactive ketones (excluding diaryl/α,β-unsaturated/α-hetero) is 1. The van der Waals surface area contributed by atoms with Gasteiger partial charge in [-0.1, -0.05) is 19.3 Å². The summed E-state index contributed by atoms with van der Waals surface area (Å²) in [6.07, 6.45) is 8.23. The molecule has 0 radical (unpaired) electrons. The second kappa shape index (κ2) is 7.77. The fourth-order valence-corrected chi connectivity index (χ4v) is 3.46. The molecule has 0 aromatic heterocycles. The van der Waals surface area contributed by atoms with Gasteiger partial charge in [-0.3, -0.25) is 9.59 Å². The monoisotopic (exact) mass is 281 g/mol. The predicted octanol–water partition coefficient (Wildman–Crippen LogP) is 2.46. The standard InChI is InChI=1S/C16H27NO3/c1-12(18)16(14-5-3-2-4-6-14)17-15(19)11-13-7-9-20-10-8-13/h13-14,16H,2-11H2,1H3,(H,17,19). The molecule has 1 N–H and O–H groups in total. The normalized spacial score (nSPS) is 23.2. The van der Waals surface area contributed by atoms with Crippen molar-refractivity contribution in [3.8, 4) is 0 Å². The fourth-order valence-electron chi connectivity index (χ4n) is 3.46. The van der Waals surface area contributed by atoms with E-state index >= 15 is 0 Å². The van der Waals surface area contributed by atoms with Crippen molar-refractivity contribution >= 4 is 11.7 Å². The SMILES string of the molecule is CC(=O)C(NC(=O)CC1CCOCC1)C1CCCCC1. The van der Waals surface area contributed by atoms with Crippen LogP contribution in [0.2, 0.25) is 0 Å². The highest BCUT2D eigenvalue weighted by Crippen LogP contribution is 2.27. The zero-order valence-corrected chi connectivity index (χ0v) is 12.5. The van der Waals surface area contributed by atoms with Gasteiger partial charge in [0.25, 0.3) is 0 Å². The maximum atomic E-state index is 12.2. The Bertz CT molecular complexity index is 331. The van der Waals surface area contributed by atoms with Gasteiger partial charge >= 0.3 is 0 Å². The number of hydrogen-bond donors (Lipinski definition) is 1. The summed E-state index contributed by atoms with van der Waals surface area (Å²) in [6.45, 7) is 3.13. The Morgan fingerprint density at radius 2 is 1.75 bits per heavy atom. The minimum atomic E-state index is -0.261. The Kier molecular flexibility index (Phi) is 6.02. The van der Waals surface area contributed by atoms with Gasteiger partial charge in [-0.2, -0.15) is 0 Å². The molecule has 0 bridgehead atoms. The maximum Gasteiger partial charge on any atom is 0.220 e. The van der Waals surface area contributed by atoms with E-state index in [4.69, 9.17) is 4.74 Å². The lowest BCUT2D eigenvalue weighted by molar-refractivity contribution is -0.129. The van der Waals surface area contributed by atoms with Crippen LogP contribution in [-0.4, -0.2) is 30.9 Å². The number of rotatable bonds is 5. The van der Waals surface area contributed by atoms with E-state index in [-0.39, 0.29) is 17.7 Å². The van der Waals surface area contributed by atoms with Gasteiger partial charge in [-0.25, -0.2) is 0 Å². The van der Waals surface area contributed by atoms with E-state index in [1.807, 2.05) is 0 Å². The lowest BCUT2D eigenvalue weighted by atomic mass is 9.82. The molecule has 1 heterocycles. The lowest BCUT2D eigenvalue weighted by Gasteiger charge is -2.30. The number of ketones is 1. The highest BCUT2D eigenvalue weighted by molar-refractivity contribution is 5.87. The van der Waals surface area contributed by atoms with Crippen molar-refractivity contribution in [2.24, 2.45) is 11.8 Å². The molecule has 0 spiro atoms. The minimum absolute atomic E-state index is 0.0441. The molecular weight excluding hydrogens is 254 g/mol. The summed E-state index contributed by atoms with van der Waals surface area (Å²) in [5.41, 5.74) is 0. The van der Waals surface area contributed by atoms with Gasteiger partial charge in [-0.05, 0) is 44.4 Å². The molecule has 1 aliphatic carbocycles. The Labute approximate surface area is 121 Å². The van der Waals surface area contributed by atoms with Crippen molar-refractivity contribution in [3.63, 3.8) is 0 Å². The summed E-state index contributed by atoms with van der Waals surface area (Å²) in [4.78, 5) is 24.0. The molecule has 1 amide bonds. The van der Waals surface area contributed by atoms with Crippen molar-refractivity contribution in [3.05, 3.63) is 0 Å². The summed E-state index contributed by atoms with van der Waals surface area (Å²) in [7, 11) is 0. The highest BCUT2D eigenvalue weighted by atomic mass is 16.5. The number of hydrogen-bond acceptors (Lipinski definition) is 3. The number of amides is 1. The van der Waals surface area contributed by atoms with Gasteiger partial charge in [0, 0.05) is 19.6 Å². The van der Waals surface area contributed by atoms with Crippen molar-refractivity contribution in [2.45, 2.75) is 64.3 Å². The number of nitrogens with one attached hydrogen (secondary N) is 1. The second-order valence-corrected chi connectivity index (χ2v) is 6.31. The summed E-state index contributed by atoms with van der Waals surface area (Å²) < 4.78 is 5.31. The zero-order chi connectivity index (χ0) is 14.4. The Balaban J connectivity index is 1.83. The molecule has 0 aromatic carbocycles. The third-order valence-electron chi connectivity index (χ3n) is 4.69. The molecule has 1 saturated heterocycles. The smallest absolute Gasteiger partial charge is 0.220 e. The van der Waals surface area contributed by atoms with E-state index in [0.29, 0.717) is 18.3 Å². The van der Waals surface area contributed by atoms with Crippen LogP contribution < -0.4 is 5.32 Å². The van der Waals surface area contributed by atoms with Crippen LogP contribution in [0.3, 0.4) is 0 Å². The topological polar surface area (TPSA) is 55.4 Å². The van der Waals surface area contributed by atoms with Gasteiger partial charge < -0.3 is 10.1 Å². The molecular formula is C16H27NO3. The van der Waals surface area contributed by atoms with Gasteiger partial charge in [0.2, 0.25) is 5.91 Å². The van der Waals surface area contributed by atoms with Crippen LogP contribution in [-0.2, 0) is 14.3 Å². The quantitative estimate of drug-likeness (QED) is 0.842. The largest absolute Gasteiger partial charge is 0.381 e. The van der Waals surface area contributed by atoms with Crippen molar-refractivity contribution in [1.29, 1.82) is 0 Å². The molecule has 4 nitrogen and oxygen atoms in total. The molecule has 1 saturated carbocycles. The minimum Gasteiger partial charge on any atom is -0.381 e. The Hall–Kier alpha value is -0.900. The molecule has 4 heteroatoms. The van der Waals surface area contributed by atoms with E-state index in [9.17, 15) is 9.59 Å². The first-order chi connectivity index (χ1) is 9.66. The van der Waals surface area contributed by atoms with Crippen molar-refractivity contribution < 1.29 is 14.3 Å². The van der Waals surface area contributed by atoms with Crippen LogP contribution in [0.4, 0.5) is 0 Å². The Morgan fingerprint density at radius 1 is 1.10 bits per heavy atom. The molecule has 1 atom stereocenters. The molecule has 1 aliphatic heterocycles. The summed E-state index contributed by atoms with van der Waals surface area (Å²) >= 11 is 0. The van der Waals surface area contributed by atoms with E-state index in [1.165, 1.54) is 19.3 Å². The second-order valence-electron chi connectivity index (χ2n) is 6.31. The van der Waals surface area contributed by atoms with Gasteiger partial charge in [0.1, 0.15) is 0 Å². The molecule has 114 valence electrons. The number of carbonyl (C=O) groups is 2. The van der Waals surface area contributed by atoms with Crippen LogP contribution in [0.1, 0.15) is 58.3 Å². The average molecular weight is 281 g/mol. The molecule has 20 heavy (non-hydrogen) atoms. The van der Waals surface area contributed by atoms with Crippen molar-refractivity contribution in [2.75, 3.05) is 13.2 Å². The number of ether oxygens (including phenoxy) is 1. The zero-order valence-electron chi connectivity index (χ0n) is 12.5. The van der Waals surface area contributed by atoms with Gasteiger partial charge in [0.05, 0.1) is 6.04 Å². The van der Waals surface area contributed by atoms with E-state index < -0.39 is 0 Å². The van der Waals surface area contributed by atoms with Crippen LogP contribution in [0, 0.1) is 11.8 Å². The third-order valence-corrected chi connectivity index (χ3v) is 4.69. The van der Waals surface area contributed by atoms with Crippen LogP contribution in [0.15, 0.2) is 0 Å². The summed E-state index contributed by atoms with van der Waals surface area (Å²) in [5, 5.41) is 3.00. The lowest BCUT2D eigenvalue weighted by Crippen LogP contribution is -2.46. The highest BCUT2D eigenvalue weighted by Gasteiger charge is 2.29. The van der Waals surface area contributed by atoms with E-state index in [0.717, 1.165) is 38.9 Å². The van der Waals surface area contributed by atoms with E-state index in [2.05, 4.69) is 5.32 Å². The maximum absolute atomic E-state index is 12.2. The van der Waals surface area contributed by atoms with Crippen LogP contribution >= 0.6 is 0 Å². The summed E-state index contributed by atoms with van der Waals surface area (Å²) in [6, 6.07) is -0.261. The van der Waals surface area contributed by atoms with Gasteiger partial charge in [0.15, 0.2) is 5.78 Å². The van der Waals surface area contributed by atoms with E-state index in [1.54, 1.807) is 6.92 Å². The molecule has 2 rings (SSSR count). The molecule has 2 aliphatic rings. The molecule has 0 aromatic rings. The molecule has 1 unspecified atom stereocenters. The summed E-state index contributed by atoms with van der Waals surface area (Å²) in [5.74, 6) is 0.919.